The fourth-order valence-electron chi connectivity index (χ4n) is 2.25. The first kappa shape index (κ1) is 11.1. The molecule has 0 bridgehead atoms. The minimum Gasteiger partial charge on any atom is -0.325 e. The van der Waals surface area contributed by atoms with E-state index in [1.165, 1.54) is 6.42 Å². The molecule has 0 saturated heterocycles. The van der Waals surface area contributed by atoms with Crippen molar-refractivity contribution in [3.63, 3.8) is 0 Å². The summed E-state index contributed by atoms with van der Waals surface area (Å²) in [4.78, 5) is 10.5. The van der Waals surface area contributed by atoms with Crippen molar-refractivity contribution in [2.24, 2.45) is 5.73 Å². The zero-order chi connectivity index (χ0) is 11.8. The Labute approximate surface area is 94.6 Å². The van der Waals surface area contributed by atoms with Crippen LogP contribution in [0.1, 0.15) is 30.4 Å². The van der Waals surface area contributed by atoms with Crippen LogP contribution in [0.15, 0.2) is 18.2 Å². The van der Waals surface area contributed by atoms with Gasteiger partial charge in [0.05, 0.1) is 4.92 Å². The molecule has 0 heterocycles. The molecule has 0 spiro atoms. The molecule has 0 aliphatic heterocycles. The molecule has 1 aliphatic rings. The maximum atomic E-state index is 10.8. The molecular weight excluding hydrogens is 204 g/mol. The van der Waals surface area contributed by atoms with Gasteiger partial charge in [0.25, 0.3) is 5.69 Å². The van der Waals surface area contributed by atoms with E-state index in [1.807, 2.05) is 6.07 Å². The molecule has 2 rings (SSSR count). The molecule has 4 heteroatoms. The highest BCUT2D eigenvalue weighted by atomic mass is 16.6. The van der Waals surface area contributed by atoms with Crippen LogP contribution in [0.3, 0.4) is 0 Å². The van der Waals surface area contributed by atoms with Crippen LogP contribution < -0.4 is 5.73 Å². The number of nitrogens with zero attached hydrogens (tertiary/aromatic N) is 1. The normalized spacial score (nSPS) is 17.9. The molecule has 1 aliphatic carbocycles. The van der Waals surface area contributed by atoms with Gasteiger partial charge >= 0.3 is 0 Å². The number of nitro groups is 1. The molecule has 16 heavy (non-hydrogen) atoms. The van der Waals surface area contributed by atoms with Crippen LogP contribution in [0.4, 0.5) is 5.69 Å². The quantitative estimate of drug-likeness (QED) is 0.627. The Balaban J connectivity index is 2.27. The summed E-state index contributed by atoms with van der Waals surface area (Å²) in [5, 5.41) is 10.8. The van der Waals surface area contributed by atoms with Gasteiger partial charge in [-0.15, -0.1) is 0 Å². The Bertz CT molecular complexity index is 425. The van der Waals surface area contributed by atoms with Crippen LogP contribution in [0.2, 0.25) is 0 Å². The second-order valence-electron chi connectivity index (χ2n) is 4.71. The average Bonchev–Trinajstić information content (AvgIpc) is 2.18. The summed E-state index contributed by atoms with van der Waals surface area (Å²) in [6.07, 6.45) is 3.97. The summed E-state index contributed by atoms with van der Waals surface area (Å²) in [6, 6.07) is 5.22. The first-order valence-electron chi connectivity index (χ1n) is 5.54. The van der Waals surface area contributed by atoms with Crippen molar-refractivity contribution < 1.29 is 4.92 Å². The number of rotatable bonds is 3. The lowest BCUT2D eigenvalue weighted by Gasteiger charge is -2.38. The van der Waals surface area contributed by atoms with E-state index >= 15 is 0 Å². The van der Waals surface area contributed by atoms with E-state index in [-0.39, 0.29) is 16.1 Å². The minimum atomic E-state index is -0.331. The number of nitrogens with two attached hydrogens (primary N) is 1. The Hall–Kier alpha value is -1.42. The average molecular weight is 220 g/mol. The molecule has 1 saturated carbocycles. The third-order valence-corrected chi connectivity index (χ3v) is 3.51. The van der Waals surface area contributed by atoms with Crippen LogP contribution >= 0.6 is 0 Å². The van der Waals surface area contributed by atoms with Crippen LogP contribution in [-0.2, 0) is 6.42 Å². The summed E-state index contributed by atoms with van der Waals surface area (Å²) in [5.41, 5.74) is 7.99. The largest absolute Gasteiger partial charge is 0.325 e. The van der Waals surface area contributed by atoms with E-state index in [0.29, 0.717) is 0 Å². The van der Waals surface area contributed by atoms with Gasteiger partial charge in [-0.05, 0) is 38.2 Å². The SMILES string of the molecule is Cc1c(CC2(N)CCC2)cccc1[N+](=O)[O-]. The molecule has 0 unspecified atom stereocenters. The van der Waals surface area contributed by atoms with E-state index in [9.17, 15) is 10.1 Å². The fraction of sp³-hybridized carbons (Fsp3) is 0.500. The van der Waals surface area contributed by atoms with Crippen molar-refractivity contribution in [2.75, 3.05) is 0 Å². The molecule has 86 valence electrons. The van der Waals surface area contributed by atoms with Gasteiger partial charge in [0, 0.05) is 17.2 Å². The first-order valence-corrected chi connectivity index (χ1v) is 5.54. The van der Waals surface area contributed by atoms with Gasteiger partial charge in [0.15, 0.2) is 0 Å². The third-order valence-electron chi connectivity index (χ3n) is 3.51. The van der Waals surface area contributed by atoms with E-state index in [2.05, 4.69) is 0 Å². The molecule has 0 aromatic heterocycles. The van der Waals surface area contributed by atoms with Gasteiger partial charge in [-0.25, -0.2) is 0 Å². The highest BCUT2D eigenvalue weighted by molar-refractivity contribution is 5.45. The molecular formula is C12H16N2O2. The maximum Gasteiger partial charge on any atom is 0.272 e. The molecule has 0 amide bonds. The summed E-state index contributed by atoms with van der Waals surface area (Å²) >= 11 is 0. The second-order valence-corrected chi connectivity index (χ2v) is 4.71. The zero-order valence-electron chi connectivity index (χ0n) is 9.40. The van der Waals surface area contributed by atoms with Gasteiger partial charge in [-0.3, -0.25) is 10.1 Å². The predicted molar refractivity (Wildman–Crippen MR) is 62.3 cm³/mol. The van der Waals surface area contributed by atoms with E-state index in [0.717, 1.165) is 30.4 Å². The van der Waals surface area contributed by atoms with Crippen molar-refractivity contribution in [3.8, 4) is 0 Å². The minimum absolute atomic E-state index is 0.125. The lowest BCUT2D eigenvalue weighted by molar-refractivity contribution is -0.385. The summed E-state index contributed by atoms with van der Waals surface area (Å²) < 4.78 is 0. The number of hydrogen-bond donors (Lipinski definition) is 1. The second kappa shape index (κ2) is 3.87. The number of benzene rings is 1. The highest BCUT2D eigenvalue weighted by Gasteiger charge is 2.33. The van der Waals surface area contributed by atoms with Crippen molar-refractivity contribution in [1.29, 1.82) is 0 Å². The molecule has 1 aromatic carbocycles. The molecule has 1 aromatic rings. The number of nitro benzene ring substituents is 1. The zero-order valence-corrected chi connectivity index (χ0v) is 9.40. The van der Waals surface area contributed by atoms with Crippen molar-refractivity contribution >= 4 is 5.69 Å². The van der Waals surface area contributed by atoms with Gasteiger partial charge < -0.3 is 5.73 Å². The topological polar surface area (TPSA) is 69.2 Å². The standard InChI is InChI=1S/C12H16N2O2/c1-9-10(8-12(13)6-3-7-12)4-2-5-11(9)14(15)16/h2,4-5H,3,6-8,13H2,1H3. The Morgan fingerprint density at radius 2 is 2.19 bits per heavy atom. The van der Waals surface area contributed by atoms with E-state index in [1.54, 1.807) is 19.1 Å². The van der Waals surface area contributed by atoms with Crippen molar-refractivity contribution in [1.82, 2.24) is 0 Å². The lowest BCUT2D eigenvalue weighted by atomic mass is 9.73. The van der Waals surface area contributed by atoms with Crippen LogP contribution in [0.5, 0.6) is 0 Å². The molecule has 2 N–H and O–H groups in total. The van der Waals surface area contributed by atoms with Crippen LogP contribution in [0, 0.1) is 17.0 Å². The Morgan fingerprint density at radius 1 is 1.50 bits per heavy atom. The Kier molecular flexibility index (Phi) is 2.68. The van der Waals surface area contributed by atoms with E-state index < -0.39 is 0 Å². The molecule has 0 atom stereocenters. The van der Waals surface area contributed by atoms with Crippen molar-refractivity contribution in [3.05, 3.63) is 39.4 Å². The summed E-state index contributed by atoms with van der Waals surface area (Å²) in [7, 11) is 0. The van der Waals surface area contributed by atoms with Crippen LogP contribution in [-0.4, -0.2) is 10.5 Å². The lowest BCUT2D eigenvalue weighted by Crippen LogP contribution is -2.48. The summed E-state index contributed by atoms with van der Waals surface area (Å²) in [6.45, 7) is 1.80. The summed E-state index contributed by atoms with van der Waals surface area (Å²) in [5.74, 6) is 0. The monoisotopic (exact) mass is 220 g/mol. The van der Waals surface area contributed by atoms with Gasteiger partial charge in [0.1, 0.15) is 0 Å². The molecule has 1 fully saturated rings. The maximum absolute atomic E-state index is 10.8. The van der Waals surface area contributed by atoms with Gasteiger partial charge in [0.2, 0.25) is 0 Å². The fourth-order valence-corrected chi connectivity index (χ4v) is 2.25. The predicted octanol–water partition coefficient (Wildman–Crippen LogP) is 2.33. The first-order chi connectivity index (χ1) is 7.52. The number of hydrogen-bond acceptors (Lipinski definition) is 3. The molecule has 0 radical (unpaired) electrons. The van der Waals surface area contributed by atoms with Crippen molar-refractivity contribution in [2.45, 2.75) is 38.1 Å². The van der Waals surface area contributed by atoms with Gasteiger partial charge in [-0.2, -0.15) is 0 Å². The van der Waals surface area contributed by atoms with Gasteiger partial charge in [-0.1, -0.05) is 12.1 Å². The molecule has 4 nitrogen and oxygen atoms in total. The van der Waals surface area contributed by atoms with E-state index in [4.69, 9.17) is 5.73 Å². The Morgan fingerprint density at radius 3 is 2.69 bits per heavy atom. The smallest absolute Gasteiger partial charge is 0.272 e. The highest BCUT2D eigenvalue weighted by Crippen LogP contribution is 2.34. The third kappa shape index (κ3) is 1.93. The van der Waals surface area contributed by atoms with Crippen LogP contribution in [0.25, 0.3) is 0 Å².